The zero-order valence-corrected chi connectivity index (χ0v) is 9.37. The van der Waals surface area contributed by atoms with E-state index in [1.54, 1.807) is 11.8 Å². The van der Waals surface area contributed by atoms with E-state index >= 15 is 0 Å². The first-order valence-corrected chi connectivity index (χ1v) is 5.61. The fourth-order valence-electron chi connectivity index (χ4n) is 0.835. The van der Waals surface area contributed by atoms with Gasteiger partial charge < -0.3 is 5.73 Å². The van der Waals surface area contributed by atoms with Gasteiger partial charge in [-0.05, 0) is 29.1 Å². The molecule has 12 heavy (non-hydrogen) atoms. The normalized spacial score (nSPS) is 10.2. The van der Waals surface area contributed by atoms with E-state index in [-0.39, 0.29) is 0 Å². The summed E-state index contributed by atoms with van der Waals surface area (Å²) >= 11 is 4.99. The lowest BCUT2D eigenvalue weighted by Crippen LogP contribution is -2.01. The van der Waals surface area contributed by atoms with E-state index in [4.69, 9.17) is 5.73 Å². The van der Waals surface area contributed by atoms with Crippen molar-refractivity contribution < 1.29 is 0 Å². The molecule has 0 aliphatic heterocycles. The highest BCUT2D eigenvalue weighted by molar-refractivity contribution is 9.10. The molecule has 0 atom stereocenters. The zero-order valence-electron chi connectivity index (χ0n) is 6.97. The first-order chi connectivity index (χ1) is 5.65. The van der Waals surface area contributed by atoms with E-state index in [9.17, 15) is 0 Å². The second-order valence-corrected chi connectivity index (χ2v) is 4.02. The van der Waals surface area contributed by atoms with E-state index in [1.807, 2.05) is 13.2 Å². The van der Waals surface area contributed by atoms with Crippen LogP contribution in [0, 0.1) is 6.92 Å². The minimum absolute atomic E-state index is 0.520. The highest BCUT2D eigenvalue weighted by atomic mass is 79.9. The van der Waals surface area contributed by atoms with Crippen LogP contribution in [0.3, 0.4) is 0 Å². The summed E-state index contributed by atoms with van der Waals surface area (Å²) in [4.78, 5) is 8.39. The van der Waals surface area contributed by atoms with Gasteiger partial charge in [-0.2, -0.15) is 11.8 Å². The molecule has 0 unspecified atom stereocenters. The summed E-state index contributed by atoms with van der Waals surface area (Å²) in [6, 6.07) is 0. The Balaban J connectivity index is 3.04. The third-order valence-electron chi connectivity index (χ3n) is 1.36. The molecule has 0 radical (unpaired) electrons. The summed E-state index contributed by atoms with van der Waals surface area (Å²) in [5.41, 5.74) is 6.54. The van der Waals surface area contributed by atoms with Crippen molar-refractivity contribution in [1.29, 1.82) is 0 Å². The van der Waals surface area contributed by atoms with Crippen LogP contribution in [0.4, 0.5) is 5.82 Å². The summed E-state index contributed by atoms with van der Waals surface area (Å²) in [5, 5.41) is 0. The molecule has 0 saturated carbocycles. The Bertz CT molecular complexity index is 267. The second kappa shape index (κ2) is 4.09. The van der Waals surface area contributed by atoms with Crippen LogP contribution in [0.25, 0.3) is 0 Å². The van der Waals surface area contributed by atoms with Crippen LogP contribution in [0.15, 0.2) is 4.47 Å². The molecule has 0 aromatic carbocycles. The summed E-state index contributed by atoms with van der Waals surface area (Å²) in [6.45, 7) is 1.91. The third-order valence-corrected chi connectivity index (χ3v) is 2.89. The maximum absolute atomic E-state index is 5.64. The Morgan fingerprint density at radius 1 is 1.50 bits per heavy atom. The lowest BCUT2D eigenvalue weighted by atomic mass is 10.4. The standard InChI is InChI=1S/C7H10BrN3S/c1-4-6(8)7(9)11-5(10-4)3-12-2/h3H2,1-2H3,(H2,9,10,11). The molecule has 0 saturated heterocycles. The van der Waals surface area contributed by atoms with Crippen LogP contribution in [0.5, 0.6) is 0 Å². The fraction of sp³-hybridized carbons (Fsp3) is 0.429. The number of nitrogen functional groups attached to an aromatic ring is 1. The maximum atomic E-state index is 5.64. The number of halogens is 1. The van der Waals surface area contributed by atoms with Crippen molar-refractivity contribution in [1.82, 2.24) is 9.97 Å². The minimum atomic E-state index is 0.520. The molecule has 0 fully saturated rings. The molecule has 0 aliphatic carbocycles. The minimum Gasteiger partial charge on any atom is -0.383 e. The van der Waals surface area contributed by atoms with Gasteiger partial charge in [-0.15, -0.1) is 0 Å². The highest BCUT2D eigenvalue weighted by Gasteiger charge is 2.05. The van der Waals surface area contributed by atoms with Gasteiger partial charge in [-0.25, -0.2) is 9.97 Å². The predicted octanol–water partition coefficient (Wildman–Crippen LogP) is 1.99. The number of hydrogen-bond acceptors (Lipinski definition) is 4. The lowest BCUT2D eigenvalue weighted by molar-refractivity contribution is 0.993. The van der Waals surface area contributed by atoms with Crippen LogP contribution >= 0.6 is 27.7 Å². The van der Waals surface area contributed by atoms with Crippen molar-refractivity contribution in [3.63, 3.8) is 0 Å². The summed E-state index contributed by atoms with van der Waals surface area (Å²) in [5.74, 6) is 2.12. The number of thioether (sulfide) groups is 1. The average molecular weight is 248 g/mol. The van der Waals surface area contributed by atoms with Gasteiger partial charge in [-0.3, -0.25) is 0 Å². The van der Waals surface area contributed by atoms with Crippen molar-refractivity contribution in [2.45, 2.75) is 12.7 Å². The summed E-state index contributed by atoms with van der Waals surface area (Å²) < 4.78 is 0.798. The Labute approximate surface area is 84.3 Å². The first kappa shape index (κ1) is 9.80. The molecule has 5 heteroatoms. The molecule has 0 aliphatic rings. The molecule has 1 aromatic rings. The summed E-state index contributed by atoms with van der Waals surface area (Å²) in [6.07, 6.45) is 2.01. The number of aryl methyl sites for hydroxylation is 1. The third kappa shape index (κ3) is 2.10. The van der Waals surface area contributed by atoms with Crippen molar-refractivity contribution >= 4 is 33.5 Å². The molecule has 1 heterocycles. The molecular weight excluding hydrogens is 238 g/mol. The van der Waals surface area contributed by atoms with E-state index in [1.165, 1.54) is 0 Å². The van der Waals surface area contributed by atoms with Crippen LogP contribution in [-0.4, -0.2) is 16.2 Å². The SMILES string of the molecule is CSCc1nc(C)c(Br)c(N)n1. The number of hydrogen-bond donors (Lipinski definition) is 1. The number of rotatable bonds is 2. The lowest BCUT2D eigenvalue weighted by Gasteiger charge is -2.03. The number of nitrogens with zero attached hydrogens (tertiary/aromatic N) is 2. The Morgan fingerprint density at radius 2 is 2.17 bits per heavy atom. The predicted molar refractivity (Wildman–Crippen MR) is 56.1 cm³/mol. The van der Waals surface area contributed by atoms with Gasteiger partial charge in [0.15, 0.2) is 0 Å². The molecule has 2 N–H and O–H groups in total. The van der Waals surface area contributed by atoms with Gasteiger partial charge in [-0.1, -0.05) is 0 Å². The molecule has 1 rings (SSSR count). The van der Waals surface area contributed by atoms with Gasteiger partial charge in [0.1, 0.15) is 11.6 Å². The van der Waals surface area contributed by atoms with Crippen molar-refractivity contribution in [3.05, 3.63) is 16.0 Å². The highest BCUT2D eigenvalue weighted by Crippen LogP contribution is 2.20. The van der Waals surface area contributed by atoms with Crippen LogP contribution in [0.2, 0.25) is 0 Å². The fourth-order valence-corrected chi connectivity index (χ4v) is 1.40. The van der Waals surface area contributed by atoms with E-state index in [0.29, 0.717) is 5.82 Å². The van der Waals surface area contributed by atoms with Gasteiger partial charge >= 0.3 is 0 Å². The van der Waals surface area contributed by atoms with Crippen LogP contribution < -0.4 is 5.73 Å². The Kier molecular flexibility index (Phi) is 3.34. The second-order valence-electron chi connectivity index (χ2n) is 2.36. The smallest absolute Gasteiger partial charge is 0.141 e. The van der Waals surface area contributed by atoms with Gasteiger partial charge in [0, 0.05) is 0 Å². The largest absolute Gasteiger partial charge is 0.383 e. The van der Waals surface area contributed by atoms with Crippen LogP contribution in [-0.2, 0) is 5.75 Å². The van der Waals surface area contributed by atoms with Gasteiger partial charge in [0.2, 0.25) is 0 Å². The molecule has 0 bridgehead atoms. The molecule has 66 valence electrons. The molecule has 0 amide bonds. The van der Waals surface area contributed by atoms with Gasteiger partial charge in [0.05, 0.1) is 15.9 Å². The topological polar surface area (TPSA) is 51.8 Å². The molecule has 1 aromatic heterocycles. The average Bonchev–Trinajstić information content (AvgIpc) is 2.01. The van der Waals surface area contributed by atoms with E-state index in [2.05, 4.69) is 25.9 Å². The summed E-state index contributed by atoms with van der Waals surface area (Å²) in [7, 11) is 0. The van der Waals surface area contributed by atoms with Crippen molar-refractivity contribution in [2.24, 2.45) is 0 Å². The Hall–Kier alpha value is -0.290. The number of nitrogens with two attached hydrogens (primary N) is 1. The van der Waals surface area contributed by atoms with E-state index in [0.717, 1.165) is 21.7 Å². The zero-order chi connectivity index (χ0) is 9.14. The first-order valence-electron chi connectivity index (χ1n) is 3.42. The Morgan fingerprint density at radius 3 is 2.67 bits per heavy atom. The molecule has 3 nitrogen and oxygen atoms in total. The maximum Gasteiger partial charge on any atom is 0.141 e. The number of aromatic nitrogens is 2. The number of anilines is 1. The monoisotopic (exact) mass is 247 g/mol. The van der Waals surface area contributed by atoms with Crippen molar-refractivity contribution in [3.8, 4) is 0 Å². The van der Waals surface area contributed by atoms with Crippen molar-refractivity contribution in [2.75, 3.05) is 12.0 Å². The molecule has 0 spiro atoms. The molecular formula is C7H10BrN3S. The quantitative estimate of drug-likeness (QED) is 0.869. The van der Waals surface area contributed by atoms with Crippen LogP contribution in [0.1, 0.15) is 11.5 Å². The van der Waals surface area contributed by atoms with E-state index < -0.39 is 0 Å². The van der Waals surface area contributed by atoms with Gasteiger partial charge in [0.25, 0.3) is 0 Å².